The van der Waals surface area contributed by atoms with E-state index in [4.69, 9.17) is 11.5 Å². The molecule has 0 bridgehead atoms. The molecule has 3 aromatic carbocycles. The van der Waals surface area contributed by atoms with Crippen molar-refractivity contribution in [2.75, 3.05) is 6.54 Å². The zero-order valence-corrected chi connectivity index (χ0v) is 20.1. The first-order chi connectivity index (χ1) is 17.5. The maximum absolute atomic E-state index is 13.4. The molecule has 36 heavy (non-hydrogen) atoms. The predicted octanol–water partition coefficient (Wildman–Crippen LogP) is 2.17. The summed E-state index contributed by atoms with van der Waals surface area (Å²) in [6, 6.07) is 25.6. The molecule has 0 radical (unpaired) electrons. The van der Waals surface area contributed by atoms with Crippen LogP contribution >= 0.6 is 0 Å². The third kappa shape index (κ3) is 8.04. The lowest BCUT2D eigenvalue weighted by Gasteiger charge is -2.21. The van der Waals surface area contributed by atoms with E-state index < -0.39 is 17.9 Å². The molecule has 0 unspecified atom stereocenters. The lowest BCUT2D eigenvalue weighted by Crippen LogP contribution is -2.47. The Morgan fingerprint density at radius 1 is 0.806 bits per heavy atom. The Bertz CT molecular complexity index is 1090. The summed E-state index contributed by atoms with van der Waals surface area (Å²) >= 11 is 0. The number of rotatable bonds is 12. The lowest BCUT2D eigenvalue weighted by molar-refractivity contribution is -0.132. The molecule has 0 aliphatic heterocycles. The highest BCUT2D eigenvalue weighted by molar-refractivity contribution is 6.01. The molecular weight excluding hydrogens is 454 g/mol. The van der Waals surface area contributed by atoms with Gasteiger partial charge < -0.3 is 21.9 Å². The van der Waals surface area contributed by atoms with E-state index in [-0.39, 0.29) is 18.5 Å². The Hall–Kier alpha value is -4.01. The van der Waals surface area contributed by atoms with Gasteiger partial charge in [0.1, 0.15) is 0 Å². The SMILES string of the molecule is NC(N)=NCCC[C@H](NCc1ccc(CO)cc1)C(=O)NC(=O)C(c1ccccc1)c1ccccc1. The van der Waals surface area contributed by atoms with E-state index in [9.17, 15) is 14.7 Å². The molecule has 0 saturated heterocycles. The fraction of sp³-hybridized carbons (Fsp3) is 0.250. The number of aliphatic hydroxyl groups excluding tert-OH is 1. The van der Waals surface area contributed by atoms with E-state index in [0.29, 0.717) is 25.9 Å². The molecule has 0 aliphatic carbocycles. The van der Waals surface area contributed by atoms with E-state index in [0.717, 1.165) is 22.3 Å². The van der Waals surface area contributed by atoms with Gasteiger partial charge in [-0.1, -0.05) is 84.9 Å². The second-order valence-corrected chi connectivity index (χ2v) is 8.46. The molecule has 1 atom stereocenters. The van der Waals surface area contributed by atoms with Gasteiger partial charge in [-0.2, -0.15) is 0 Å². The Balaban J connectivity index is 1.74. The van der Waals surface area contributed by atoms with Gasteiger partial charge in [0.2, 0.25) is 11.8 Å². The van der Waals surface area contributed by atoms with Crippen LogP contribution in [0.3, 0.4) is 0 Å². The van der Waals surface area contributed by atoms with Crippen LogP contribution in [0.5, 0.6) is 0 Å². The molecule has 0 saturated carbocycles. The number of benzene rings is 3. The number of hydrogen-bond acceptors (Lipinski definition) is 5. The monoisotopic (exact) mass is 487 g/mol. The van der Waals surface area contributed by atoms with Crippen LogP contribution in [0, 0.1) is 0 Å². The molecule has 8 heteroatoms. The molecule has 3 aromatic rings. The van der Waals surface area contributed by atoms with E-state index in [1.165, 1.54) is 0 Å². The van der Waals surface area contributed by atoms with Gasteiger partial charge in [-0.05, 0) is 35.1 Å². The number of nitrogens with two attached hydrogens (primary N) is 2. The van der Waals surface area contributed by atoms with Gasteiger partial charge in [-0.25, -0.2) is 0 Å². The minimum absolute atomic E-state index is 0.00308. The number of nitrogens with one attached hydrogen (secondary N) is 2. The highest BCUT2D eigenvalue weighted by atomic mass is 16.3. The summed E-state index contributed by atoms with van der Waals surface area (Å²) in [6.07, 6.45) is 0.993. The summed E-state index contributed by atoms with van der Waals surface area (Å²) in [5.74, 6) is -1.42. The third-order valence-electron chi connectivity index (χ3n) is 5.79. The number of nitrogens with zero attached hydrogens (tertiary/aromatic N) is 1. The van der Waals surface area contributed by atoms with Crippen molar-refractivity contribution in [3.63, 3.8) is 0 Å². The lowest BCUT2D eigenvalue weighted by atomic mass is 9.90. The van der Waals surface area contributed by atoms with Crippen molar-refractivity contribution in [2.45, 2.75) is 38.0 Å². The fourth-order valence-electron chi connectivity index (χ4n) is 3.90. The average molecular weight is 488 g/mol. The molecular formula is C28H33N5O3. The van der Waals surface area contributed by atoms with Crippen molar-refractivity contribution in [3.05, 3.63) is 107 Å². The Morgan fingerprint density at radius 2 is 1.36 bits per heavy atom. The van der Waals surface area contributed by atoms with Crippen molar-refractivity contribution >= 4 is 17.8 Å². The van der Waals surface area contributed by atoms with Crippen LogP contribution in [0.2, 0.25) is 0 Å². The zero-order chi connectivity index (χ0) is 25.8. The highest BCUT2D eigenvalue weighted by Crippen LogP contribution is 2.24. The minimum atomic E-state index is -0.632. The number of aliphatic hydroxyl groups is 1. The van der Waals surface area contributed by atoms with Crippen molar-refractivity contribution in [1.29, 1.82) is 0 Å². The maximum atomic E-state index is 13.4. The van der Waals surface area contributed by atoms with Crippen LogP contribution in [0.15, 0.2) is 89.9 Å². The predicted molar refractivity (Wildman–Crippen MR) is 141 cm³/mol. The molecule has 7 N–H and O–H groups in total. The first-order valence-electron chi connectivity index (χ1n) is 11.9. The van der Waals surface area contributed by atoms with Crippen molar-refractivity contribution in [1.82, 2.24) is 10.6 Å². The van der Waals surface area contributed by atoms with Crippen LogP contribution in [0.4, 0.5) is 0 Å². The first kappa shape index (κ1) is 26.6. The Kier molecular flexibility index (Phi) is 10.2. The number of hydrogen-bond donors (Lipinski definition) is 5. The molecule has 188 valence electrons. The van der Waals surface area contributed by atoms with E-state index in [1.807, 2.05) is 84.9 Å². The smallest absolute Gasteiger partial charge is 0.243 e. The normalized spacial score (nSPS) is 11.6. The van der Waals surface area contributed by atoms with Gasteiger partial charge in [0, 0.05) is 13.1 Å². The van der Waals surface area contributed by atoms with E-state index in [2.05, 4.69) is 15.6 Å². The van der Waals surface area contributed by atoms with Crippen molar-refractivity contribution < 1.29 is 14.7 Å². The molecule has 8 nitrogen and oxygen atoms in total. The van der Waals surface area contributed by atoms with Crippen LogP contribution in [0.25, 0.3) is 0 Å². The number of carbonyl (C=O) groups excluding carboxylic acids is 2. The maximum Gasteiger partial charge on any atom is 0.243 e. The van der Waals surface area contributed by atoms with Crippen molar-refractivity contribution in [3.8, 4) is 0 Å². The van der Waals surface area contributed by atoms with Crippen LogP contribution in [-0.4, -0.2) is 35.5 Å². The first-order valence-corrected chi connectivity index (χ1v) is 11.9. The quantitative estimate of drug-likeness (QED) is 0.151. The van der Waals surface area contributed by atoms with Crippen LogP contribution < -0.4 is 22.1 Å². The summed E-state index contributed by atoms with van der Waals surface area (Å²) in [7, 11) is 0. The van der Waals surface area contributed by atoms with Crippen LogP contribution in [0.1, 0.15) is 41.0 Å². The van der Waals surface area contributed by atoms with Gasteiger partial charge in [0.15, 0.2) is 5.96 Å². The summed E-state index contributed by atoms with van der Waals surface area (Å²) in [4.78, 5) is 30.6. The summed E-state index contributed by atoms with van der Waals surface area (Å²) < 4.78 is 0. The van der Waals surface area contributed by atoms with Gasteiger partial charge in [-0.3, -0.25) is 19.9 Å². The van der Waals surface area contributed by atoms with Gasteiger partial charge >= 0.3 is 0 Å². The largest absolute Gasteiger partial charge is 0.392 e. The second kappa shape index (κ2) is 13.8. The topological polar surface area (TPSA) is 143 Å². The zero-order valence-electron chi connectivity index (χ0n) is 20.1. The molecule has 0 aliphatic rings. The number of imide groups is 1. The minimum Gasteiger partial charge on any atom is -0.392 e. The van der Waals surface area contributed by atoms with Gasteiger partial charge in [0.05, 0.1) is 18.6 Å². The van der Waals surface area contributed by atoms with Crippen molar-refractivity contribution in [2.24, 2.45) is 16.5 Å². The Labute approximate surface area is 211 Å². The summed E-state index contributed by atoms with van der Waals surface area (Å²) in [6.45, 7) is 0.764. The van der Waals surface area contributed by atoms with Gasteiger partial charge in [0.25, 0.3) is 0 Å². The number of carbonyl (C=O) groups is 2. The number of guanidine groups is 1. The molecule has 0 fully saturated rings. The molecule has 0 aromatic heterocycles. The number of amides is 2. The summed E-state index contributed by atoms with van der Waals surface area (Å²) in [5, 5.41) is 15.1. The Morgan fingerprint density at radius 3 is 1.89 bits per heavy atom. The highest BCUT2D eigenvalue weighted by Gasteiger charge is 2.27. The second-order valence-electron chi connectivity index (χ2n) is 8.46. The van der Waals surface area contributed by atoms with E-state index >= 15 is 0 Å². The molecule has 0 spiro atoms. The number of aliphatic imine (C=N–C) groups is 1. The fourth-order valence-corrected chi connectivity index (χ4v) is 3.90. The summed E-state index contributed by atoms with van der Waals surface area (Å²) in [5.41, 5.74) is 14.2. The van der Waals surface area contributed by atoms with Gasteiger partial charge in [-0.15, -0.1) is 0 Å². The standard InChI is InChI=1S/C28H33N5O3/c29-28(30)31-17-7-12-24(32-18-20-13-15-21(19-34)16-14-20)26(35)33-27(36)25(22-8-3-1-4-9-22)23-10-5-2-6-11-23/h1-6,8-11,13-16,24-25,32,34H,7,12,17-19H2,(H4,29,30,31)(H,33,35,36)/t24-/m0/s1. The molecule has 2 amide bonds. The van der Waals surface area contributed by atoms with Crippen LogP contribution in [-0.2, 0) is 22.7 Å². The molecule has 0 heterocycles. The molecule has 3 rings (SSSR count). The third-order valence-corrected chi connectivity index (χ3v) is 5.79. The average Bonchev–Trinajstić information content (AvgIpc) is 2.89. The van der Waals surface area contributed by atoms with E-state index in [1.54, 1.807) is 0 Å².